The van der Waals surface area contributed by atoms with Crippen LogP contribution in [0.25, 0.3) is 0 Å². The fourth-order valence-corrected chi connectivity index (χ4v) is 1.40. The van der Waals surface area contributed by atoms with Gasteiger partial charge in [-0.3, -0.25) is 0 Å². The van der Waals surface area contributed by atoms with Crippen LogP contribution in [-0.2, 0) is 6.42 Å². The van der Waals surface area contributed by atoms with Crippen molar-refractivity contribution in [2.24, 2.45) is 5.73 Å². The van der Waals surface area contributed by atoms with E-state index in [2.05, 4.69) is 26.0 Å². The van der Waals surface area contributed by atoms with E-state index in [1.165, 1.54) is 5.56 Å². The third kappa shape index (κ3) is 4.34. The molecule has 84 valence electrons. The Morgan fingerprint density at radius 2 is 2.20 bits per heavy atom. The van der Waals surface area contributed by atoms with Crippen LogP contribution in [0.3, 0.4) is 0 Å². The quantitative estimate of drug-likeness (QED) is 0.778. The Hall–Kier alpha value is -1.02. The predicted molar refractivity (Wildman–Crippen MR) is 64.2 cm³/mol. The topological polar surface area (TPSA) is 35.2 Å². The molecule has 0 heterocycles. The van der Waals surface area contributed by atoms with E-state index in [9.17, 15) is 0 Å². The molecule has 0 radical (unpaired) electrons. The number of benzene rings is 1. The summed E-state index contributed by atoms with van der Waals surface area (Å²) in [5.74, 6) is 0.971. The second-order valence-electron chi connectivity index (χ2n) is 3.88. The Morgan fingerprint density at radius 3 is 2.87 bits per heavy atom. The van der Waals surface area contributed by atoms with Crippen LogP contribution >= 0.6 is 0 Å². The molecule has 15 heavy (non-hydrogen) atoms. The van der Waals surface area contributed by atoms with E-state index in [0.717, 1.165) is 31.6 Å². The maximum atomic E-state index is 5.75. The lowest BCUT2D eigenvalue weighted by atomic mass is 10.1. The fraction of sp³-hybridized carbons (Fsp3) is 0.538. The van der Waals surface area contributed by atoms with Gasteiger partial charge in [-0.05, 0) is 50.4 Å². The molecule has 0 saturated heterocycles. The minimum absolute atomic E-state index is 0.287. The van der Waals surface area contributed by atoms with Crippen LogP contribution in [-0.4, -0.2) is 12.6 Å². The summed E-state index contributed by atoms with van der Waals surface area (Å²) in [7, 11) is 0. The number of rotatable bonds is 6. The Bertz CT molecular complexity index is 286. The molecular formula is C13H21NO. The zero-order valence-corrected chi connectivity index (χ0v) is 9.70. The van der Waals surface area contributed by atoms with Crippen LogP contribution < -0.4 is 10.5 Å². The van der Waals surface area contributed by atoms with Crippen LogP contribution in [0.15, 0.2) is 24.3 Å². The molecular weight excluding hydrogens is 186 g/mol. The summed E-state index contributed by atoms with van der Waals surface area (Å²) >= 11 is 0. The molecule has 0 saturated carbocycles. The van der Waals surface area contributed by atoms with Crippen molar-refractivity contribution in [1.82, 2.24) is 0 Å². The minimum atomic E-state index is 0.287. The summed E-state index contributed by atoms with van der Waals surface area (Å²) in [6.07, 6.45) is 3.39. The number of ether oxygens (including phenoxy) is 1. The van der Waals surface area contributed by atoms with Gasteiger partial charge in [-0.15, -0.1) is 0 Å². The van der Waals surface area contributed by atoms with Crippen LogP contribution in [0.4, 0.5) is 0 Å². The third-order valence-corrected chi connectivity index (χ3v) is 2.48. The second kappa shape index (κ2) is 6.46. The van der Waals surface area contributed by atoms with E-state index < -0.39 is 0 Å². The molecule has 0 aliphatic rings. The molecule has 2 heteroatoms. The van der Waals surface area contributed by atoms with E-state index in [4.69, 9.17) is 10.5 Å². The molecule has 0 amide bonds. The molecule has 2 nitrogen and oxygen atoms in total. The van der Waals surface area contributed by atoms with Gasteiger partial charge >= 0.3 is 0 Å². The summed E-state index contributed by atoms with van der Waals surface area (Å²) in [6.45, 7) is 4.96. The van der Waals surface area contributed by atoms with Crippen molar-refractivity contribution >= 4 is 0 Å². The summed E-state index contributed by atoms with van der Waals surface area (Å²) in [5, 5.41) is 0. The largest absolute Gasteiger partial charge is 0.491 e. The van der Waals surface area contributed by atoms with E-state index in [0.29, 0.717) is 0 Å². The molecule has 0 bridgehead atoms. The first kappa shape index (κ1) is 12.1. The standard InChI is InChI=1S/C13H21NO/c1-3-11(2)15-13-8-4-6-12(10-13)7-5-9-14/h4,6,8,10-11H,3,5,7,9,14H2,1-2H3/t11-/m1/s1. The maximum absolute atomic E-state index is 5.75. The molecule has 2 N–H and O–H groups in total. The van der Waals surface area contributed by atoms with E-state index in [-0.39, 0.29) is 6.10 Å². The monoisotopic (exact) mass is 207 g/mol. The fourth-order valence-electron chi connectivity index (χ4n) is 1.40. The van der Waals surface area contributed by atoms with E-state index >= 15 is 0 Å². The van der Waals surface area contributed by atoms with E-state index in [1.807, 2.05) is 12.1 Å². The first-order chi connectivity index (χ1) is 7.26. The lowest BCUT2D eigenvalue weighted by Gasteiger charge is -2.13. The SMILES string of the molecule is CC[C@@H](C)Oc1cccc(CCCN)c1. The highest BCUT2D eigenvalue weighted by atomic mass is 16.5. The highest BCUT2D eigenvalue weighted by Gasteiger charge is 2.01. The van der Waals surface area contributed by atoms with Crippen molar-refractivity contribution in [1.29, 1.82) is 0 Å². The van der Waals surface area contributed by atoms with Gasteiger partial charge in [-0.1, -0.05) is 19.1 Å². The summed E-state index contributed by atoms with van der Waals surface area (Å²) in [4.78, 5) is 0. The Kier molecular flexibility index (Phi) is 5.19. The predicted octanol–water partition coefficient (Wildman–Crippen LogP) is 2.76. The normalized spacial score (nSPS) is 12.5. The molecule has 0 fully saturated rings. The molecule has 0 aliphatic carbocycles. The minimum Gasteiger partial charge on any atom is -0.491 e. The molecule has 0 spiro atoms. The van der Waals surface area contributed by atoms with Gasteiger partial charge in [0.1, 0.15) is 5.75 Å². The molecule has 0 aromatic heterocycles. The lowest BCUT2D eigenvalue weighted by molar-refractivity contribution is 0.217. The van der Waals surface area contributed by atoms with Crippen molar-refractivity contribution in [3.8, 4) is 5.75 Å². The average Bonchev–Trinajstić information content (AvgIpc) is 2.26. The van der Waals surface area contributed by atoms with Gasteiger partial charge in [-0.25, -0.2) is 0 Å². The zero-order valence-electron chi connectivity index (χ0n) is 9.70. The average molecular weight is 207 g/mol. The lowest BCUT2D eigenvalue weighted by Crippen LogP contribution is -2.09. The Balaban J connectivity index is 2.57. The number of aryl methyl sites for hydroxylation is 1. The van der Waals surface area contributed by atoms with Crippen molar-refractivity contribution in [3.05, 3.63) is 29.8 Å². The second-order valence-corrected chi connectivity index (χ2v) is 3.88. The molecule has 0 unspecified atom stereocenters. The molecule has 1 aromatic rings. The van der Waals surface area contributed by atoms with Crippen molar-refractivity contribution in [3.63, 3.8) is 0 Å². The maximum Gasteiger partial charge on any atom is 0.119 e. The van der Waals surface area contributed by atoms with Crippen molar-refractivity contribution < 1.29 is 4.74 Å². The van der Waals surface area contributed by atoms with Gasteiger partial charge in [-0.2, -0.15) is 0 Å². The third-order valence-electron chi connectivity index (χ3n) is 2.48. The number of nitrogens with two attached hydrogens (primary N) is 1. The summed E-state index contributed by atoms with van der Waals surface area (Å²) in [5.41, 5.74) is 6.79. The van der Waals surface area contributed by atoms with Gasteiger partial charge < -0.3 is 10.5 Å². The van der Waals surface area contributed by atoms with E-state index in [1.54, 1.807) is 0 Å². The van der Waals surface area contributed by atoms with Gasteiger partial charge in [0.05, 0.1) is 6.10 Å². The van der Waals surface area contributed by atoms with Gasteiger partial charge in [0.25, 0.3) is 0 Å². The number of hydrogen-bond acceptors (Lipinski definition) is 2. The molecule has 1 aromatic carbocycles. The van der Waals surface area contributed by atoms with Crippen LogP contribution in [0.5, 0.6) is 5.75 Å². The smallest absolute Gasteiger partial charge is 0.119 e. The molecule has 1 rings (SSSR count). The first-order valence-electron chi connectivity index (χ1n) is 5.72. The van der Waals surface area contributed by atoms with Crippen LogP contribution in [0.1, 0.15) is 32.3 Å². The number of hydrogen-bond donors (Lipinski definition) is 1. The van der Waals surface area contributed by atoms with Crippen LogP contribution in [0, 0.1) is 0 Å². The van der Waals surface area contributed by atoms with Gasteiger partial charge in [0.15, 0.2) is 0 Å². The molecule has 0 aliphatic heterocycles. The Morgan fingerprint density at radius 1 is 1.40 bits per heavy atom. The highest BCUT2D eigenvalue weighted by molar-refractivity contribution is 5.28. The van der Waals surface area contributed by atoms with Crippen LogP contribution in [0.2, 0.25) is 0 Å². The Labute approximate surface area is 92.4 Å². The summed E-state index contributed by atoms with van der Waals surface area (Å²) < 4.78 is 5.75. The van der Waals surface area contributed by atoms with Gasteiger partial charge in [0, 0.05) is 0 Å². The highest BCUT2D eigenvalue weighted by Crippen LogP contribution is 2.16. The summed E-state index contributed by atoms with van der Waals surface area (Å²) in [6, 6.07) is 8.29. The molecule has 1 atom stereocenters. The van der Waals surface area contributed by atoms with Gasteiger partial charge in [0.2, 0.25) is 0 Å². The zero-order chi connectivity index (χ0) is 11.1. The van der Waals surface area contributed by atoms with Crippen molar-refractivity contribution in [2.75, 3.05) is 6.54 Å². The van der Waals surface area contributed by atoms with Crippen molar-refractivity contribution in [2.45, 2.75) is 39.2 Å². The first-order valence-corrected chi connectivity index (χ1v) is 5.72.